The molecule has 1 aromatic carbocycles. The van der Waals surface area contributed by atoms with Crippen LogP contribution < -0.4 is 0 Å². The summed E-state index contributed by atoms with van der Waals surface area (Å²) in [6.45, 7) is 3.86. The van der Waals surface area contributed by atoms with E-state index in [1.54, 1.807) is 6.08 Å². The highest BCUT2D eigenvalue weighted by Crippen LogP contribution is 2.30. The van der Waals surface area contributed by atoms with Crippen molar-refractivity contribution >= 4 is 11.5 Å². The van der Waals surface area contributed by atoms with Crippen molar-refractivity contribution in [3.63, 3.8) is 0 Å². The van der Waals surface area contributed by atoms with E-state index in [1.165, 1.54) is 0 Å². The number of carbonyl (C=O) groups is 1. The Bertz CT molecular complexity index is 402. The topological polar surface area (TPSA) is 26.3 Å². The molecule has 0 saturated heterocycles. The van der Waals surface area contributed by atoms with Crippen molar-refractivity contribution in [1.29, 1.82) is 0 Å². The van der Waals surface area contributed by atoms with Gasteiger partial charge in [0.05, 0.1) is 0 Å². The highest BCUT2D eigenvalue weighted by molar-refractivity contribution is 5.97. The van der Waals surface area contributed by atoms with Gasteiger partial charge in [0.1, 0.15) is 11.4 Å². The zero-order valence-electron chi connectivity index (χ0n) is 8.99. The van der Waals surface area contributed by atoms with Crippen molar-refractivity contribution in [3.8, 4) is 0 Å². The van der Waals surface area contributed by atoms with Gasteiger partial charge in [0, 0.05) is 18.1 Å². The molecule has 1 aliphatic rings. The summed E-state index contributed by atoms with van der Waals surface area (Å²) in [5, 5.41) is 0. The number of ketones is 1. The molecule has 2 rings (SSSR count). The summed E-state index contributed by atoms with van der Waals surface area (Å²) in [6, 6.07) is 9.71. The smallest absolute Gasteiger partial charge is 0.163 e. The standard InChI is InChI=1S/C13H14O2/c1-13(2)9-11(14)8-12(15-13)10-6-4-3-5-7-10/h3-8H,9H2,1-2H3. The van der Waals surface area contributed by atoms with Crippen molar-refractivity contribution in [2.75, 3.05) is 0 Å². The zero-order valence-corrected chi connectivity index (χ0v) is 8.99. The fraction of sp³-hybridized carbons (Fsp3) is 0.308. The quantitative estimate of drug-likeness (QED) is 0.700. The van der Waals surface area contributed by atoms with Crippen molar-refractivity contribution in [2.45, 2.75) is 25.9 Å². The molecule has 1 aliphatic heterocycles. The van der Waals surface area contributed by atoms with Gasteiger partial charge in [0.2, 0.25) is 0 Å². The van der Waals surface area contributed by atoms with E-state index in [1.807, 2.05) is 44.2 Å². The van der Waals surface area contributed by atoms with Crippen LogP contribution in [0.4, 0.5) is 0 Å². The molecule has 0 saturated carbocycles. The number of rotatable bonds is 1. The highest BCUT2D eigenvalue weighted by Gasteiger charge is 2.29. The van der Waals surface area contributed by atoms with Crippen LogP contribution in [-0.4, -0.2) is 11.4 Å². The summed E-state index contributed by atoms with van der Waals surface area (Å²) in [4.78, 5) is 11.5. The molecule has 0 aromatic heterocycles. The van der Waals surface area contributed by atoms with Crippen molar-refractivity contribution < 1.29 is 9.53 Å². The number of hydrogen-bond donors (Lipinski definition) is 0. The molecular weight excluding hydrogens is 188 g/mol. The highest BCUT2D eigenvalue weighted by atomic mass is 16.5. The van der Waals surface area contributed by atoms with Crippen LogP contribution in [0.3, 0.4) is 0 Å². The zero-order chi connectivity index (χ0) is 10.9. The molecule has 0 amide bonds. The number of hydrogen-bond acceptors (Lipinski definition) is 2. The minimum absolute atomic E-state index is 0.130. The molecule has 15 heavy (non-hydrogen) atoms. The first kappa shape index (κ1) is 9.97. The summed E-state index contributed by atoms with van der Waals surface area (Å²) >= 11 is 0. The molecule has 2 heteroatoms. The monoisotopic (exact) mass is 202 g/mol. The van der Waals surface area contributed by atoms with E-state index in [9.17, 15) is 4.79 Å². The van der Waals surface area contributed by atoms with Crippen LogP contribution in [0.5, 0.6) is 0 Å². The maximum absolute atomic E-state index is 11.5. The maximum Gasteiger partial charge on any atom is 0.163 e. The molecule has 0 atom stereocenters. The normalized spacial score (nSPS) is 19.3. The van der Waals surface area contributed by atoms with Gasteiger partial charge >= 0.3 is 0 Å². The predicted octanol–water partition coefficient (Wildman–Crippen LogP) is 2.80. The lowest BCUT2D eigenvalue weighted by molar-refractivity contribution is -0.119. The van der Waals surface area contributed by atoms with Gasteiger partial charge in [-0.25, -0.2) is 0 Å². The van der Waals surface area contributed by atoms with Gasteiger partial charge in [0.25, 0.3) is 0 Å². The van der Waals surface area contributed by atoms with E-state index < -0.39 is 5.60 Å². The lowest BCUT2D eigenvalue weighted by Crippen LogP contribution is -2.30. The Balaban J connectivity index is 2.35. The minimum atomic E-state index is -0.392. The number of carbonyl (C=O) groups excluding carboxylic acids is 1. The van der Waals surface area contributed by atoms with E-state index in [0.29, 0.717) is 12.2 Å². The fourth-order valence-electron chi connectivity index (χ4n) is 1.72. The second kappa shape index (κ2) is 3.54. The molecule has 78 valence electrons. The van der Waals surface area contributed by atoms with Gasteiger partial charge in [-0.15, -0.1) is 0 Å². The molecule has 0 bridgehead atoms. The molecule has 0 radical (unpaired) electrons. The van der Waals surface area contributed by atoms with Crippen LogP contribution in [0.15, 0.2) is 36.4 Å². The van der Waals surface area contributed by atoms with Crippen molar-refractivity contribution in [3.05, 3.63) is 42.0 Å². The predicted molar refractivity (Wildman–Crippen MR) is 59.2 cm³/mol. The average Bonchev–Trinajstić information content (AvgIpc) is 2.16. The number of allylic oxidation sites excluding steroid dienone is 1. The van der Waals surface area contributed by atoms with Crippen LogP contribution in [0.1, 0.15) is 25.8 Å². The summed E-state index contributed by atoms with van der Waals surface area (Å²) < 4.78 is 5.77. The van der Waals surface area contributed by atoms with E-state index >= 15 is 0 Å². The Morgan fingerprint density at radius 1 is 1.20 bits per heavy atom. The third-order valence-electron chi connectivity index (χ3n) is 2.34. The largest absolute Gasteiger partial charge is 0.487 e. The van der Waals surface area contributed by atoms with Crippen molar-refractivity contribution in [2.24, 2.45) is 0 Å². The van der Waals surface area contributed by atoms with E-state index in [2.05, 4.69) is 0 Å². The summed E-state index contributed by atoms with van der Waals surface area (Å²) in [6.07, 6.45) is 2.03. The molecule has 1 heterocycles. The van der Waals surface area contributed by atoms with Gasteiger partial charge in [-0.2, -0.15) is 0 Å². The van der Waals surface area contributed by atoms with Crippen LogP contribution in [0.2, 0.25) is 0 Å². The van der Waals surface area contributed by atoms with E-state index in [0.717, 1.165) is 5.56 Å². The Labute approximate surface area is 89.6 Å². The van der Waals surface area contributed by atoms with E-state index in [-0.39, 0.29) is 5.78 Å². The molecule has 0 fully saturated rings. The molecule has 0 N–H and O–H groups in total. The molecule has 0 aliphatic carbocycles. The second-order valence-corrected chi connectivity index (χ2v) is 4.38. The minimum Gasteiger partial charge on any atom is -0.487 e. The first-order valence-corrected chi connectivity index (χ1v) is 5.06. The average molecular weight is 202 g/mol. The molecule has 0 spiro atoms. The number of ether oxygens (including phenoxy) is 1. The third-order valence-corrected chi connectivity index (χ3v) is 2.34. The second-order valence-electron chi connectivity index (χ2n) is 4.38. The lowest BCUT2D eigenvalue weighted by atomic mass is 9.97. The van der Waals surface area contributed by atoms with Crippen LogP contribution in [0, 0.1) is 0 Å². The lowest BCUT2D eigenvalue weighted by Gasteiger charge is -2.30. The maximum atomic E-state index is 11.5. The van der Waals surface area contributed by atoms with Crippen molar-refractivity contribution in [1.82, 2.24) is 0 Å². The van der Waals surface area contributed by atoms with Crippen LogP contribution in [0.25, 0.3) is 5.76 Å². The third kappa shape index (κ3) is 2.27. The molecule has 0 unspecified atom stereocenters. The summed E-state index contributed by atoms with van der Waals surface area (Å²) in [5.41, 5.74) is 0.565. The van der Waals surface area contributed by atoms with Gasteiger partial charge in [0.15, 0.2) is 5.78 Å². The van der Waals surface area contributed by atoms with Gasteiger partial charge < -0.3 is 4.74 Å². The Morgan fingerprint density at radius 3 is 2.47 bits per heavy atom. The van der Waals surface area contributed by atoms with E-state index in [4.69, 9.17) is 4.74 Å². The van der Waals surface area contributed by atoms with Gasteiger partial charge in [-0.1, -0.05) is 30.3 Å². The molecule has 2 nitrogen and oxygen atoms in total. The Kier molecular flexibility index (Phi) is 2.35. The fourth-order valence-corrected chi connectivity index (χ4v) is 1.72. The first-order valence-electron chi connectivity index (χ1n) is 5.06. The Morgan fingerprint density at radius 2 is 1.87 bits per heavy atom. The molecular formula is C13H14O2. The van der Waals surface area contributed by atoms with Gasteiger partial charge in [-0.05, 0) is 13.8 Å². The van der Waals surface area contributed by atoms with Crippen LogP contribution in [-0.2, 0) is 9.53 Å². The summed E-state index contributed by atoms with van der Waals surface area (Å²) in [7, 11) is 0. The van der Waals surface area contributed by atoms with Crippen LogP contribution >= 0.6 is 0 Å². The SMILES string of the molecule is CC1(C)CC(=O)C=C(c2ccccc2)O1. The summed E-state index contributed by atoms with van der Waals surface area (Å²) in [5.74, 6) is 0.807. The van der Waals surface area contributed by atoms with Gasteiger partial charge in [-0.3, -0.25) is 4.79 Å². The number of benzene rings is 1. The first-order chi connectivity index (χ1) is 7.07. The molecule has 1 aromatic rings. The Hall–Kier alpha value is -1.57.